The number of hydrogen-bond donors (Lipinski definition) is 2. The molecule has 3 N–H and O–H groups in total. The van der Waals surface area contributed by atoms with E-state index in [4.69, 9.17) is 5.73 Å². The van der Waals surface area contributed by atoms with Gasteiger partial charge in [-0.05, 0) is 44.6 Å². The fraction of sp³-hybridized carbons (Fsp3) is 1.00. The molecule has 0 saturated heterocycles. The Hall–Kier alpha value is -0.0800. The quantitative estimate of drug-likeness (QED) is 0.698. The lowest BCUT2D eigenvalue weighted by molar-refractivity contribution is 0.403. The van der Waals surface area contributed by atoms with Crippen LogP contribution in [0.25, 0.3) is 0 Å². The van der Waals surface area contributed by atoms with Crippen molar-refractivity contribution in [2.45, 2.75) is 52.1 Å². The van der Waals surface area contributed by atoms with Gasteiger partial charge in [-0.1, -0.05) is 13.8 Å². The van der Waals surface area contributed by atoms with Crippen LogP contribution < -0.4 is 11.1 Å². The van der Waals surface area contributed by atoms with E-state index in [2.05, 4.69) is 26.1 Å². The molecule has 0 spiro atoms. The smallest absolute Gasteiger partial charge is 0.00698 e. The third-order valence-corrected chi connectivity index (χ3v) is 3.32. The predicted molar refractivity (Wildman–Crippen MR) is 57.6 cm³/mol. The largest absolute Gasteiger partial charge is 0.328 e. The average molecular weight is 184 g/mol. The van der Waals surface area contributed by atoms with Crippen LogP contribution in [0.3, 0.4) is 0 Å². The molecule has 0 aliphatic heterocycles. The summed E-state index contributed by atoms with van der Waals surface area (Å²) in [5.41, 5.74) is 5.81. The van der Waals surface area contributed by atoms with Crippen molar-refractivity contribution in [1.82, 2.24) is 5.32 Å². The molecular formula is C11H24N2. The van der Waals surface area contributed by atoms with Crippen molar-refractivity contribution < 1.29 is 0 Å². The second-order valence-corrected chi connectivity index (χ2v) is 4.86. The minimum absolute atomic E-state index is 0.311. The summed E-state index contributed by atoms with van der Waals surface area (Å²) < 4.78 is 0. The summed E-state index contributed by atoms with van der Waals surface area (Å²) >= 11 is 0. The maximum absolute atomic E-state index is 5.81. The zero-order valence-corrected chi connectivity index (χ0v) is 9.22. The molecule has 1 saturated carbocycles. The van der Waals surface area contributed by atoms with Gasteiger partial charge in [0.1, 0.15) is 0 Å². The normalized spacial score (nSPS) is 33.2. The number of nitrogens with two attached hydrogens (primary N) is 1. The molecule has 2 nitrogen and oxygen atoms in total. The first-order valence-corrected chi connectivity index (χ1v) is 5.58. The van der Waals surface area contributed by atoms with Gasteiger partial charge in [0.15, 0.2) is 0 Å². The molecule has 4 atom stereocenters. The van der Waals surface area contributed by atoms with Crippen molar-refractivity contribution in [3.8, 4) is 0 Å². The molecule has 1 aliphatic rings. The van der Waals surface area contributed by atoms with E-state index < -0.39 is 0 Å². The summed E-state index contributed by atoms with van der Waals surface area (Å²) in [5, 5.41) is 3.61. The molecule has 13 heavy (non-hydrogen) atoms. The zero-order chi connectivity index (χ0) is 9.84. The summed E-state index contributed by atoms with van der Waals surface area (Å²) in [6, 6.07) is 1.07. The zero-order valence-electron chi connectivity index (χ0n) is 9.22. The highest BCUT2D eigenvalue weighted by Crippen LogP contribution is 2.24. The highest BCUT2D eigenvalue weighted by molar-refractivity contribution is 4.79. The molecular weight excluding hydrogens is 160 g/mol. The molecule has 1 rings (SSSR count). The molecule has 2 heteroatoms. The third-order valence-electron chi connectivity index (χ3n) is 3.32. The summed E-state index contributed by atoms with van der Waals surface area (Å²) in [5.74, 6) is 1.51. The lowest BCUT2D eigenvalue weighted by Gasteiger charge is -2.19. The van der Waals surface area contributed by atoms with Crippen molar-refractivity contribution in [1.29, 1.82) is 0 Å². The maximum Gasteiger partial charge on any atom is 0.00698 e. The molecule has 1 fully saturated rings. The Kier molecular flexibility index (Phi) is 4.20. The van der Waals surface area contributed by atoms with Gasteiger partial charge in [0.25, 0.3) is 0 Å². The van der Waals surface area contributed by atoms with Gasteiger partial charge in [-0.2, -0.15) is 0 Å². The number of nitrogens with one attached hydrogen (secondary N) is 1. The van der Waals surface area contributed by atoms with Gasteiger partial charge in [-0.3, -0.25) is 0 Å². The second kappa shape index (κ2) is 4.97. The van der Waals surface area contributed by atoms with Gasteiger partial charge in [-0.25, -0.2) is 0 Å². The van der Waals surface area contributed by atoms with Crippen LogP contribution in [0.5, 0.6) is 0 Å². The molecule has 4 unspecified atom stereocenters. The summed E-state index contributed by atoms with van der Waals surface area (Å²) in [6.07, 6.45) is 4.10. The Morgan fingerprint density at radius 2 is 2.08 bits per heavy atom. The molecule has 0 heterocycles. The standard InChI is InChI=1S/C11H24N2/c1-8-4-5-11(6-8)13-7-9(2)10(3)12/h8-11,13H,4-7,12H2,1-3H3. The fourth-order valence-corrected chi connectivity index (χ4v) is 1.93. The van der Waals surface area contributed by atoms with E-state index >= 15 is 0 Å². The van der Waals surface area contributed by atoms with Crippen LogP contribution in [0.2, 0.25) is 0 Å². The average Bonchev–Trinajstić information content (AvgIpc) is 2.47. The predicted octanol–water partition coefficient (Wildman–Crippen LogP) is 1.75. The maximum atomic E-state index is 5.81. The van der Waals surface area contributed by atoms with Crippen molar-refractivity contribution >= 4 is 0 Å². The summed E-state index contributed by atoms with van der Waals surface area (Å²) in [7, 11) is 0. The van der Waals surface area contributed by atoms with Gasteiger partial charge < -0.3 is 11.1 Å². The highest BCUT2D eigenvalue weighted by Gasteiger charge is 2.21. The molecule has 0 aromatic carbocycles. The van der Waals surface area contributed by atoms with Crippen molar-refractivity contribution in [2.75, 3.05) is 6.54 Å². The molecule has 0 radical (unpaired) electrons. The van der Waals surface area contributed by atoms with Crippen molar-refractivity contribution in [3.63, 3.8) is 0 Å². The first-order chi connectivity index (χ1) is 6.09. The van der Waals surface area contributed by atoms with Crippen LogP contribution in [-0.2, 0) is 0 Å². The van der Waals surface area contributed by atoms with E-state index in [1.807, 2.05) is 0 Å². The molecule has 0 aromatic heterocycles. The van der Waals surface area contributed by atoms with E-state index in [9.17, 15) is 0 Å². The minimum atomic E-state index is 0.311. The fourth-order valence-electron chi connectivity index (χ4n) is 1.93. The van der Waals surface area contributed by atoms with Crippen LogP contribution in [0.1, 0.15) is 40.0 Å². The van der Waals surface area contributed by atoms with E-state index in [1.165, 1.54) is 19.3 Å². The Balaban J connectivity index is 2.12. The van der Waals surface area contributed by atoms with Gasteiger partial charge in [-0.15, -0.1) is 0 Å². The monoisotopic (exact) mass is 184 g/mol. The molecule has 0 amide bonds. The van der Waals surface area contributed by atoms with E-state index in [1.54, 1.807) is 0 Å². The van der Waals surface area contributed by atoms with Crippen LogP contribution in [0.15, 0.2) is 0 Å². The number of hydrogen-bond acceptors (Lipinski definition) is 2. The lowest BCUT2D eigenvalue weighted by atomic mass is 10.0. The minimum Gasteiger partial charge on any atom is -0.328 e. The van der Waals surface area contributed by atoms with Crippen LogP contribution in [0.4, 0.5) is 0 Å². The van der Waals surface area contributed by atoms with Crippen molar-refractivity contribution in [2.24, 2.45) is 17.6 Å². The van der Waals surface area contributed by atoms with E-state index in [0.717, 1.165) is 18.5 Å². The Morgan fingerprint density at radius 3 is 2.54 bits per heavy atom. The van der Waals surface area contributed by atoms with Crippen LogP contribution >= 0.6 is 0 Å². The van der Waals surface area contributed by atoms with Crippen LogP contribution in [0, 0.1) is 11.8 Å². The molecule has 78 valence electrons. The Morgan fingerprint density at radius 1 is 1.38 bits per heavy atom. The van der Waals surface area contributed by atoms with Crippen molar-refractivity contribution in [3.05, 3.63) is 0 Å². The van der Waals surface area contributed by atoms with Gasteiger partial charge in [0, 0.05) is 12.1 Å². The third kappa shape index (κ3) is 3.65. The van der Waals surface area contributed by atoms with Gasteiger partial charge in [0.2, 0.25) is 0 Å². The number of rotatable bonds is 4. The van der Waals surface area contributed by atoms with E-state index in [-0.39, 0.29) is 0 Å². The summed E-state index contributed by atoms with van der Waals surface area (Å²) in [6.45, 7) is 7.73. The topological polar surface area (TPSA) is 38.0 Å². The first kappa shape index (κ1) is 11.0. The molecule has 0 aromatic rings. The van der Waals surface area contributed by atoms with Crippen LogP contribution in [-0.4, -0.2) is 18.6 Å². The lowest BCUT2D eigenvalue weighted by Crippen LogP contribution is -2.37. The first-order valence-electron chi connectivity index (χ1n) is 5.58. The summed E-state index contributed by atoms with van der Waals surface area (Å²) in [4.78, 5) is 0. The molecule has 0 bridgehead atoms. The van der Waals surface area contributed by atoms with E-state index in [0.29, 0.717) is 12.0 Å². The second-order valence-electron chi connectivity index (χ2n) is 4.86. The highest BCUT2D eigenvalue weighted by atomic mass is 14.9. The van der Waals surface area contributed by atoms with Gasteiger partial charge in [0.05, 0.1) is 0 Å². The Bertz CT molecular complexity index is 145. The SMILES string of the molecule is CC1CCC(NCC(C)C(C)N)C1. The van der Waals surface area contributed by atoms with Gasteiger partial charge >= 0.3 is 0 Å². The molecule has 1 aliphatic carbocycles. The Labute approximate surface area is 82.3 Å².